The van der Waals surface area contributed by atoms with Crippen molar-refractivity contribution in [1.82, 2.24) is 0 Å². The SMILES string of the molecule is O=P(O)(F)F.[H-].[H-].[Li+].[Na+]. The molecule has 0 unspecified atom stereocenters. The van der Waals surface area contributed by atoms with Crippen LogP contribution in [0.25, 0.3) is 0 Å². The Morgan fingerprint density at radius 2 is 1.57 bits per heavy atom. The zero-order chi connectivity index (χ0) is 4.50. The average molecular weight is 134 g/mol. The first-order chi connectivity index (χ1) is 2.00. The quantitative estimate of drug-likeness (QED) is 0.267. The summed E-state index contributed by atoms with van der Waals surface area (Å²) in [7, 11) is -5.64. The number of rotatable bonds is 0. The minimum atomic E-state index is -5.64. The monoisotopic (exact) mass is 134 g/mol. The molecule has 0 spiro atoms. The van der Waals surface area contributed by atoms with Gasteiger partial charge in [-0.05, 0) is 0 Å². The second-order valence-electron chi connectivity index (χ2n) is 0.435. The van der Waals surface area contributed by atoms with Crippen LogP contribution in [0.5, 0.6) is 0 Å². The molecule has 7 heteroatoms. The van der Waals surface area contributed by atoms with Gasteiger partial charge in [0, 0.05) is 0 Å². The summed E-state index contributed by atoms with van der Waals surface area (Å²) in [5, 5.41) is 0. The van der Waals surface area contributed by atoms with Crippen LogP contribution in [0.4, 0.5) is 8.39 Å². The van der Waals surface area contributed by atoms with Gasteiger partial charge in [0.1, 0.15) is 0 Å². The maximum atomic E-state index is 10.1. The number of hydrogen-bond acceptors (Lipinski definition) is 1. The van der Waals surface area contributed by atoms with E-state index in [1.807, 2.05) is 0 Å². The Morgan fingerprint density at radius 3 is 1.57 bits per heavy atom. The van der Waals surface area contributed by atoms with Gasteiger partial charge < -0.3 is 2.85 Å². The third-order valence-electron chi connectivity index (χ3n) is 0. The van der Waals surface area contributed by atoms with Crippen LogP contribution in [0.15, 0.2) is 0 Å². The molecule has 0 atom stereocenters. The summed E-state index contributed by atoms with van der Waals surface area (Å²) in [5.41, 5.74) is 0. The number of hydrogen-bond donors (Lipinski definition) is 1. The van der Waals surface area contributed by atoms with E-state index in [-0.39, 0.29) is 51.3 Å². The molecule has 0 fully saturated rings. The zero-order valence-electron chi connectivity index (χ0n) is 6.06. The molecule has 0 heterocycles. The molecule has 0 aromatic rings. The Hall–Kier alpha value is 1.65. The summed E-state index contributed by atoms with van der Waals surface area (Å²) in [4.78, 5) is 6.74. The van der Waals surface area contributed by atoms with E-state index in [1.165, 1.54) is 0 Å². The van der Waals surface area contributed by atoms with E-state index in [2.05, 4.69) is 0 Å². The van der Waals surface area contributed by atoms with Crippen LogP contribution in [-0.2, 0) is 4.57 Å². The predicted molar refractivity (Wildman–Crippen MR) is 14.3 cm³/mol. The Morgan fingerprint density at radius 1 is 1.57 bits per heavy atom. The van der Waals surface area contributed by atoms with Crippen LogP contribution in [0.1, 0.15) is 2.85 Å². The molecular weight excluding hydrogens is 131 g/mol. The molecule has 0 rings (SSSR count). The largest absolute Gasteiger partial charge is 1.00 e. The molecule has 0 saturated heterocycles. The first kappa shape index (κ1) is 15.9. The minimum Gasteiger partial charge on any atom is -1.00 e. The van der Waals surface area contributed by atoms with Crippen molar-refractivity contribution in [2.24, 2.45) is 0 Å². The Kier molecular flexibility index (Phi) is 13.1. The van der Waals surface area contributed by atoms with Crippen LogP contribution >= 0.6 is 7.99 Å². The van der Waals surface area contributed by atoms with Gasteiger partial charge in [0.15, 0.2) is 0 Å². The van der Waals surface area contributed by atoms with Crippen LogP contribution in [0.3, 0.4) is 0 Å². The van der Waals surface area contributed by atoms with Crippen molar-refractivity contribution in [1.29, 1.82) is 0 Å². The van der Waals surface area contributed by atoms with Crippen molar-refractivity contribution in [2.75, 3.05) is 0 Å². The normalized spacial score (nSPS) is 8.43. The molecule has 0 aliphatic rings. The summed E-state index contributed by atoms with van der Waals surface area (Å²) in [6.45, 7) is 0. The molecule has 0 amide bonds. The molecule has 0 bridgehead atoms. The molecule has 0 aromatic heterocycles. The number of halogens is 2. The fourth-order valence-electron chi connectivity index (χ4n) is 0. The van der Waals surface area contributed by atoms with Gasteiger partial charge in [-0.25, -0.2) is 4.57 Å². The Bertz CT molecular complexity index is 68.7. The van der Waals surface area contributed by atoms with Crippen molar-refractivity contribution in [2.45, 2.75) is 0 Å². The van der Waals surface area contributed by atoms with Crippen molar-refractivity contribution < 1.29 is 69.1 Å². The van der Waals surface area contributed by atoms with E-state index >= 15 is 0 Å². The van der Waals surface area contributed by atoms with Gasteiger partial charge in [0.25, 0.3) is 0 Å². The Labute approximate surface area is 76.8 Å². The second-order valence-corrected chi connectivity index (χ2v) is 1.30. The molecule has 0 aromatic carbocycles. The van der Waals surface area contributed by atoms with E-state index < -0.39 is 7.99 Å². The standard InChI is InChI=1S/F2HO2P.Li.Na.2H/c1-5(2,3)4;;;;/h(H,3,4);;;;/q;2*+1;2*-1. The van der Waals surface area contributed by atoms with E-state index in [0.717, 1.165) is 0 Å². The average Bonchev–Trinajstić information content (AvgIpc) is 0.722. The maximum absolute atomic E-state index is 10.1. The molecule has 0 saturated carbocycles. The maximum Gasteiger partial charge on any atom is 1.00 e. The molecule has 2 nitrogen and oxygen atoms in total. The molecular formula is H3F2LiNaO2P. The van der Waals surface area contributed by atoms with Crippen molar-refractivity contribution in [3.05, 3.63) is 0 Å². The summed E-state index contributed by atoms with van der Waals surface area (Å²) < 4.78 is 28.7. The molecule has 0 aliphatic carbocycles. The van der Waals surface area contributed by atoms with Gasteiger partial charge in [-0.1, -0.05) is 0 Å². The molecule has 36 valence electrons. The Balaban J connectivity index is -0.0000000133. The molecule has 0 radical (unpaired) electrons. The smallest absolute Gasteiger partial charge is 1.00 e. The molecule has 0 aliphatic heterocycles. The summed E-state index contributed by atoms with van der Waals surface area (Å²) >= 11 is 0. The predicted octanol–water partition coefficient (Wildman–Crippen LogP) is -4.74. The van der Waals surface area contributed by atoms with Crippen LogP contribution < -0.4 is 48.4 Å². The second kappa shape index (κ2) is 5.78. The topological polar surface area (TPSA) is 37.3 Å². The van der Waals surface area contributed by atoms with Gasteiger partial charge >= 0.3 is 56.4 Å². The van der Waals surface area contributed by atoms with Crippen molar-refractivity contribution in [3.63, 3.8) is 0 Å². The summed E-state index contributed by atoms with van der Waals surface area (Å²) in [6.07, 6.45) is 0. The van der Waals surface area contributed by atoms with Crippen molar-refractivity contribution >= 4 is 7.99 Å². The van der Waals surface area contributed by atoms with Crippen LogP contribution in [0, 0.1) is 0 Å². The summed E-state index contributed by atoms with van der Waals surface area (Å²) in [5.74, 6) is 0. The van der Waals surface area contributed by atoms with Gasteiger partial charge in [-0.15, -0.1) is 8.39 Å². The molecule has 1 N–H and O–H groups in total. The van der Waals surface area contributed by atoms with Crippen LogP contribution in [-0.4, -0.2) is 4.89 Å². The first-order valence-corrected chi connectivity index (χ1v) is 2.16. The van der Waals surface area contributed by atoms with Crippen LogP contribution in [0.2, 0.25) is 0 Å². The third kappa shape index (κ3) is 89.9. The van der Waals surface area contributed by atoms with Gasteiger partial charge in [-0.3, -0.25) is 4.89 Å². The van der Waals surface area contributed by atoms with E-state index in [0.29, 0.717) is 0 Å². The minimum absolute atomic E-state index is 0. The first-order valence-electron chi connectivity index (χ1n) is 0.721. The third-order valence-corrected chi connectivity index (χ3v) is 0. The summed E-state index contributed by atoms with van der Waals surface area (Å²) in [6, 6.07) is 0. The van der Waals surface area contributed by atoms with Crippen molar-refractivity contribution in [3.8, 4) is 0 Å². The fraction of sp³-hybridized carbons (Fsp3) is 0. The van der Waals surface area contributed by atoms with E-state index in [9.17, 15) is 8.39 Å². The van der Waals surface area contributed by atoms with Gasteiger partial charge in [-0.2, -0.15) is 0 Å². The van der Waals surface area contributed by atoms with E-state index in [4.69, 9.17) is 9.46 Å². The fourth-order valence-corrected chi connectivity index (χ4v) is 0. The zero-order valence-corrected chi connectivity index (χ0v) is 6.95. The molecule has 7 heavy (non-hydrogen) atoms. The van der Waals surface area contributed by atoms with Gasteiger partial charge in [0.2, 0.25) is 0 Å². The van der Waals surface area contributed by atoms with E-state index in [1.54, 1.807) is 0 Å². The van der Waals surface area contributed by atoms with Gasteiger partial charge in [0.05, 0.1) is 0 Å².